The van der Waals surface area contributed by atoms with Crippen molar-refractivity contribution in [2.75, 3.05) is 6.61 Å². The molecule has 1 aliphatic rings. The van der Waals surface area contributed by atoms with E-state index in [1.165, 1.54) is 24.0 Å². The lowest BCUT2D eigenvalue weighted by atomic mass is 9.90. The lowest BCUT2D eigenvalue weighted by molar-refractivity contribution is 0.0934. The zero-order valence-corrected chi connectivity index (χ0v) is 10.9. The number of nitrogens with one attached hydrogen (secondary N) is 1. The number of carbonyl (C=O) groups is 1. The fraction of sp³-hybridized carbons (Fsp3) is 0.533. The summed E-state index contributed by atoms with van der Waals surface area (Å²) in [6, 6.07) is 6.03. The molecule has 2 rings (SSSR count). The van der Waals surface area contributed by atoms with E-state index in [0.29, 0.717) is 6.42 Å². The first-order chi connectivity index (χ1) is 8.70. The predicted octanol–water partition coefficient (Wildman–Crippen LogP) is 2.07. The number of aliphatic hydroxyl groups excluding tert-OH is 1. The molecule has 1 amide bonds. The third kappa shape index (κ3) is 3.10. The number of aryl methyl sites for hydroxylation is 2. The van der Waals surface area contributed by atoms with E-state index in [1.54, 1.807) is 0 Å². The monoisotopic (exact) mass is 247 g/mol. The van der Waals surface area contributed by atoms with Crippen molar-refractivity contribution in [1.82, 2.24) is 5.32 Å². The molecule has 0 saturated carbocycles. The molecular formula is C15H21NO2. The fourth-order valence-corrected chi connectivity index (χ4v) is 2.45. The summed E-state index contributed by atoms with van der Waals surface area (Å²) in [5.41, 5.74) is 3.45. The maximum absolute atomic E-state index is 12.0. The Morgan fingerprint density at radius 1 is 1.33 bits per heavy atom. The molecule has 0 spiro atoms. The Morgan fingerprint density at radius 3 is 2.78 bits per heavy atom. The molecule has 98 valence electrons. The van der Waals surface area contributed by atoms with Crippen molar-refractivity contribution in [1.29, 1.82) is 0 Å². The van der Waals surface area contributed by atoms with Gasteiger partial charge in [0.05, 0.1) is 0 Å². The Bertz CT molecular complexity index is 429. The van der Waals surface area contributed by atoms with E-state index in [0.717, 1.165) is 18.4 Å². The molecule has 0 radical (unpaired) electrons. The molecule has 1 unspecified atom stereocenters. The van der Waals surface area contributed by atoms with Crippen LogP contribution in [0.2, 0.25) is 0 Å². The average molecular weight is 247 g/mol. The van der Waals surface area contributed by atoms with Crippen LogP contribution in [-0.2, 0) is 12.8 Å². The fourth-order valence-electron chi connectivity index (χ4n) is 2.45. The first-order valence-corrected chi connectivity index (χ1v) is 6.74. The number of hydrogen-bond donors (Lipinski definition) is 2. The van der Waals surface area contributed by atoms with Gasteiger partial charge >= 0.3 is 0 Å². The van der Waals surface area contributed by atoms with Crippen LogP contribution in [0.4, 0.5) is 0 Å². The Morgan fingerprint density at radius 2 is 2.06 bits per heavy atom. The Labute approximate surface area is 108 Å². The highest BCUT2D eigenvalue weighted by Gasteiger charge is 2.14. The molecule has 3 heteroatoms. The van der Waals surface area contributed by atoms with Gasteiger partial charge < -0.3 is 10.4 Å². The quantitative estimate of drug-likeness (QED) is 0.855. The normalized spacial score (nSPS) is 15.9. The van der Waals surface area contributed by atoms with Crippen LogP contribution >= 0.6 is 0 Å². The van der Waals surface area contributed by atoms with Gasteiger partial charge in [0.25, 0.3) is 5.91 Å². The van der Waals surface area contributed by atoms with Crippen LogP contribution in [0.25, 0.3) is 0 Å². The zero-order chi connectivity index (χ0) is 13.0. The maximum Gasteiger partial charge on any atom is 0.251 e. The summed E-state index contributed by atoms with van der Waals surface area (Å²) in [6.45, 7) is 2.01. The molecule has 0 saturated heterocycles. The van der Waals surface area contributed by atoms with Crippen LogP contribution in [0, 0.1) is 0 Å². The van der Waals surface area contributed by atoms with E-state index in [4.69, 9.17) is 5.11 Å². The number of aliphatic hydroxyl groups is 1. The topological polar surface area (TPSA) is 49.3 Å². The maximum atomic E-state index is 12.0. The third-order valence-electron chi connectivity index (χ3n) is 3.55. The van der Waals surface area contributed by atoms with Gasteiger partial charge in [-0.1, -0.05) is 6.07 Å². The Kier molecular flexibility index (Phi) is 4.37. The number of carbonyl (C=O) groups excluding carboxylic acids is 1. The van der Waals surface area contributed by atoms with Crippen molar-refractivity contribution in [2.45, 2.75) is 45.1 Å². The third-order valence-corrected chi connectivity index (χ3v) is 3.55. The smallest absolute Gasteiger partial charge is 0.251 e. The molecule has 0 bridgehead atoms. The molecule has 1 aromatic rings. The second-order valence-electron chi connectivity index (χ2n) is 5.08. The molecule has 1 aromatic carbocycles. The lowest BCUT2D eigenvalue weighted by Gasteiger charge is -2.17. The van der Waals surface area contributed by atoms with Crippen molar-refractivity contribution < 1.29 is 9.90 Å². The molecule has 1 atom stereocenters. The van der Waals surface area contributed by atoms with Crippen molar-refractivity contribution in [3.8, 4) is 0 Å². The molecular weight excluding hydrogens is 226 g/mol. The van der Waals surface area contributed by atoms with E-state index >= 15 is 0 Å². The van der Waals surface area contributed by atoms with Crippen LogP contribution in [-0.4, -0.2) is 23.7 Å². The zero-order valence-electron chi connectivity index (χ0n) is 10.9. The second-order valence-corrected chi connectivity index (χ2v) is 5.08. The molecule has 18 heavy (non-hydrogen) atoms. The first kappa shape index (κ1) is 13.1. The molecule has 2 N–H and O–H groups in total. The van der Waals surface area contributed by atoms with Crippen LogP contribution in [0.1, 0.15) is 47.7 Å². The van der Waals surface area contributed by atoms with Gasteiger partial charge in [0.15, 0.2) is 0 Å². The lowest BCUT2D eigenvalue weighted by Crippen LogP contribution is -2.33. The molecule has 0 heterocycles. The SMILES string of the molecule is CC(CCO)NC(=O)c1ccc2c(c1)CCCC2. The molecule has 0 fully saturated rings. The van der Waals surface area contributed by atoms with E-state index in [-0.39, 0.29) is 18.6 Å². The summed E-state index contributed by atoms with van der Waals surface area (Å²) in [7, 11) is 0. The predicted molar refractivity (Wildman–Crippen MR) is 71.7 cm³/mol. The number of fused-ring (bicyclic) bond motifs is 1. The molecule has 0 aliphatic heterocycles. The van der Waals surface area contributed by atoms with E-state index in [9.17, 15) is 4.79 Å². The highest BCUT2D eigenvalue weighted by atomic mass is 16.3. The summed E-state index contributed by atoms with van der Waals surface area (Å²) in [4.78, 5) is 12.0. The summed E-state index contributed by atoms with van der Waals surface area (Å²) < 4.78 is 0. The summed E-state index contributed by atoms with van der Waals surface area (Å²) >= 11 is 0. The minimum absolute atomic E-state index is 0.0125. The standard InChI is InChI=1S/C15H21NO2/c1-11(8-9-17)16-15(18)14-7-6-12-4-2-3-5-13(12)10-14/h6-7,10-11,17H,2-5,8-9H2,1H3,(H,16,18). The number of benzene rings is 1. The summed E-state index contributed by atoms with van der Waals surface area (Å²) in [5, 5.41) is 11.7. The van der Waals surface area contributed by atoms with Gasteiger partial charge in [-0.15, -0.1) is 0 Å². The minimum Gasteiger partial charge on any atom is -0.396 e. The highest BCUT2D eigenvalue weighted by molar-refractivity contribution is 5.94. The van der Waals surface area contributed by atoms with Gasteiger partial charge in [0, 0.05) is 18.2 Å². The van der Waals surface area contributed by atoms with Gasteiger partial charge in [0.1, 0.15) is 0 Å². The van der Waals surface area contributed by atoms with Gasteiger partial charge in [-0.05, 0) is 62.3 Å². The highest BCUT2D eigenvalue weighted by Crippen LogP contribution is 2.22. The van der Waals surface area contributed by atoms with Crippen molar-refractivity contribution in [3.63, 3.8) is 0 Å². The number of amides is 1. The van der Waals surface area contributed by atoms with Crippen molar-refractivity contribution >= 4 is 5.91 Å². The first-order valence-electron chi connectivity index (χ1n) is 6.74. The van der Waals surface area contributed by atoms with Gasteiger partial charge in [-0.25, -0.2) is 0 Å². The molecule has 1 aliphatic carbocycles. The molecule has 0 aromatic heterocycles. The van der Waals surface area contributed by atoms with Crippen LogP contribution in [0.3, 0.4) is 0 Å². The van der Waals surface area contributed by atoms with E-state index in [2.05, 4.69) is 11.4 Å². The van der Waals surface area contributed by atoms with Crippen molar-refractivity contribution in [3.05, 3.63) is 34.9 Å². The van der Waals surface area contributed by atoms with Gasteiger partial charge in [0.2, 0.25) is 0 Å². The van der Waals surface area contributed by atoms with Gasteiger partial charge in [-0.3, -0.25) is 4.79 Å². The second kappa shape index (κ2) is 6.01. The van der Waals surface area contributed by atoms with E-state index < -0.39 is 0 Å². The Balaban J connectivity index is 2.06. The van der Waals surface area contributed by atoms with Crippen LogP contribution in [0.5, 0.6) is 0 Å². The largest absolute Gasteiger partial charge is 0.396 e. The molecule has 3 nitrogen and oxygen atoms in total. The minimum atomic E-state index is -0.0377. The summed E-state index contributed by atoms with van der Waals surface area (Å²) in [6.07, 6.45) is 5.29. The van der Waals surface area contributed by atoms with Gasteiger partial charge in [-0.2, -0.15) is 0 Å². The average Bonchev–Trinajstić information content (AvgIpc) is 2.38. The van der Waals surface area contributed by atoms with Crippen molar-refractivity contribution in [2.24, 2.45) is 0 Å². The van der Waals surface area contributed by atoms with E-state index in [1.807, 2.05) is 19.1 Å². The van der Waals surface area contributed by atoms with Crippen LogP contribution < -0.4 is 5.32 Å². The summed E-state index contributed by atoms with van der Waals surface area (Å²) in [5.74, 6) is -0.0377. The number of rotatable bonds is 4. The number of hydrogen-bond acceptors (Lipinski definition) is 2. The van der Waals surface area contributed by atoms with Crippen LogP contribution in [0.15, 0.2) is 18.2 Å². The Hall–Kier alpha value is -1.35.